The van der Waals surface area contributed by atoms with Crippen molar-refractivity contribution in [2.45, 2.75) is 26.7 Å². The van der Waals surface area contributed by atoms with Crippen LogP contribution in [-0.2, 0) is 12.8 Å². The summed E-state index contributed by atoms with van der Waals surface area (Å²) in [6.45, 7) is 5.95. The van der Waals surface area contributed by atoms with E-state index >= 15 is 0 Å². The van der Waals surface area contributed by atoms with Gasteiger partial charge in [0.1, 0.15) is 0 Å². The van der Waals surface area contributed by atoms with Crippen molar-refractivity contribution >= 4 is 5.91 Å². The molecule has 3 nitrogen and oxygen atoms in total. The Morgan fingerprint density at radius 3 is 2.28 bits per heavy atom. The lowest BCUT2D eigenvalue weighted by Gasteiger charge is -2.28. The Morgan fingerprint density at radius 1 is 0.960 bits per heavy atom. The Kier molecular flexibility index (Phi) is 6.77. The van der Waals surface area contributed by atoms with E-state index in [2.05, 4.69) is 68.5 Å². The van der Waals surface area contributed by atoms with Gasteiger partial charge in [-0.1, -0.05) is 62.4 Å². The van der Waals surface area contributed by atoms with E-state index < -0.39 is 0 Å². The molecule has 0 radical (unpaired) electrons. The summed E-state index contributed by atoms with van der Waals surface area (Å²) in [4.78, 5) is 14.8. The van der Waals surface area contributed by atoms with Crippen LogP contribution in [0.25, 0.3) is 0 Å². The Hall–Kier alpha value is -2.13. The molecule has 0 aromatic heterocycles. The molecule has 0 aliphatic carbocycles. The summed E-state index contributed by atoms with van der Waals surface area (Å²) < 4.78 is 0. The van der Waals surface area contributed by atoms with Gasteiger partial charge in [-0.15, -0.1) is 0 Å². The van der Waals surface area contributed by atoms with Crippen LogP contribution in [-0.4, -0.2) is 38.0 Å². The van der Waals surface area contributed by atoms with E-state index in [4.69, 9.17) is 0 Å². The number of nitrogens with one attached hydrogen (secondary N) is 1. The molecule has 0 bridgehead atoms. The van der Waals surface area contributed by atoms with E-state index in [9.17, 15) is 4.79 Å². The highest BCUT2D eigenvalue weighted by Crippen LogP contribution is 2.16. The fourth-order valence-corrected chi connectivity index (χ4v) is 3.21. The zero-order valence-corrected chi connectivity index (χ0v) is 15.9. The third-order valence-corrected chi connectivity index (χ3v) is 4.26. The lowest BCUT2D eigenvalue weighted by Crippen LogP contribution is -2.40. The smallest absolute Gasteiger partial charge is 0.251 e. The number of hydrogen-bond donors (Lipinski definition) is 1. The topological polar surface area (TPSA) is 32.3 Å². The Morgan fingerprint density at radius 2 is 1.60 bits per heavy atom. The number of carbonyl (C=O) groups is 1. The van der Waals surface area contributed by atoms with E-state index in [1.165, 1.54) is 5.56 Å². The van der Waals surface area contributed by atoms with Gasteiger partial charge in [-0.05, 0) is 49.5 Å². The largest absolute Gasteiger partial charge is 0.351 e. The van der Waals surface area contributed by atoms with Gasteiger partial charge in [0.15, 0.2) is 0 Å². The van der Waals surface area contributed by atoms with Crippen molar-refractivity contribution in [3.05, 3.63) is 71.3 Å². The summed E-state index contributed by atoms with van der Waals surface area (Å²) in [6, 6.07) is 18.3. The summed E-state index contributed by atoms with van der Waals surface area (Å²) in [5.74, 6) is 0.0236. The SMILES string of the molecule is CN(C)CC(C)(C)CNC(=O)c1ccccc1CCc1ccccc1. The van der Waals surface area contributed by atoms with Crippen LogP contribution in [0, 0.1) is 5.41 Å². The van der Waals surface area contributed by atoms with Crippen LogP contribution in [0.5, 0.6) is 0 Å². The van der Waals surface area contributed by atoms with Crippen molar-refractivity contribution in [2.24, 2.45) is 5.41 Å². The van der Waals surface area contributed by atoms with Gasteiger partial charge in [-0.25, -0.2) is 0 Å². The van der Waals surface area contributed by atoms with Crippen LogP contribution in [0.3, 0.4) is 0 Å². The molecule has 3 heteroatoms. The minimum absolute atomic E-state index is 0.0236. The van der Waals surface area contributed by atoms with Crippen LogP contribution in [0.15, 0.2) is 54.6 Å². The highest BCUT2D eigenvalue weighted by molar-refractivity contribution is 5.95. The van der Waals surface area contributed by atoms with E-state index in [1.54, 1.807) is 0 Å². The number of aryl methyl sites for hydroxylation is 2. The predicted octanol–water partition coefficient (Wildman–Crippen LogP) is 3.79. The van der Waals surface area contributed by atoms with E-state index in [0.29, 0.717) is 6.54 Å². The maximum atomic E-state index is 12.7. The first-order valence-corrected chi connectivity index (χ1v) is 8.92. The number of hydrogen-bond acceptors (Lipinski definition) is 2. The molecule has 25 heavy (non-hydrogen) atoms. The molecule has 134 valence electrons. The summed E-state index contributed by atoms with van der Waals surface area (Å²) in [6.07, 6.45) is 1.81. The molecule has 0 aliphatic rings. The van der Waals surface area contributed by atoms with Gasteiger partial charge >= 0.3 is 0 Å². The number of carbonyl (C=O) groups excluding carboxylic acids is 1. The van der Waals surface area contributed by atoms with Gasteiger partial charge in [0.25, 0.3) is 5.91 Å². The fourth-order valence-electron chi connectivity index (χ4n) is 3.21. The molecule has 2 aromatic carbocycles. The second-order valence-electron chi connectivity index (χ2n) is 7.73. The molecule has 2 rings (SSSR count). The van der Waals surface area contributed by atoms with Gasteiger partial charge < -0.3 is 10.2 Å². The average molecular weight is 338 g/mol. The molecule has 0 fully saturated rings. The van der Waals surface area contributed by atoms with Crippen LogP contribution in [0.2, 0.25) is 0 Å². The Balaban J connectivity index is 2.00. The van der Waals surface area contributed by atoms with Gasteiger partial charge in [0.2, 0.25) is 0 Å². The summed E-state index contributed by atoms with van der Waals surface area (Å²) in [5.41, 5.74) is 3.23. The molecule has 0 saturated carbocycles. The number of benzene rings is 2. The molecule has 0 aliphatic heterocycles. The van der Waals surface area contributed by atoms with Crippen molar-refractivity contribution in [1.29, 1.82) is 0 Å². The van der Waals surface area contributed by atoms with Gasteiger partial charge in [0, 0.05) is 18.7 Å². The van der Waals surface area contributed by atoms with Crippen molar-refractivity contribution < 1.29 is 4.79 Å². The van der Waals surface area contributed by atoms with Gasteiger partial charge in [-0.2, -0.15) is 0 Å². The van der Waals surface area contributed by atoms with Crippen molar-refractivity contribution in [2.75, 3.05) is 27.2 Å². The van der Waals surface area contributed by atoms with Crippen LogP contribution in [0.1, 0.15) is 35.3 Å². The molecule has 0 saturated heterocycles. The third-order valence-electron chi connectivity index (χ3n) is 4.26. The fraction of sp³-hybridized carbons (Fsp3) is 0.409. The van der Waals surface area contributed by atoms with Crippen molar-refractivity contribution in [1.82, 2.24) is 10.2 Å². The first-order valence-electron chi connectivity index (χ1n) is 8.92. The molecular formula is C22H30N2O. The maximum Gasteiger partial charge on any atom is 0.251 e. The minimum Gasteiger partial charge on any atom is -0.351 e. The highest BCUT2D eigenvalue weighted by Gasteiger charge is 2.20. The number of nitrogens with zero attached hydrogens (tertiary/aromatic N) is 1. The number of rotatable bonds is 8. The maximum absolute atomic E-state index is 12.7. The van der Waals surface area contributed by atoms with Gasteiger partial charge in [0.05, 0.1) is 0 Å². The second-order valence-corrected chi connectivity index (χ2v) is 7.73. The second kappa shape index (κ2) is 8.82. The molecule has 2 aromatic rings. The normalized spacial score (nSPS) is 11.6. The Bertz CT molecular complexity index is 677. The molecule has 0 unspecified atom stereocenters. The average Bonchev–Trinajstić information content (AvgIpc) is 2.58. The van der Waals surface area contributed by atoms with Crippen LogP contribution < -0.4 is 5.32 Å². The van der Waals surface area contributed by atoms with Crippen LogP contribution >= 0.6 is 0 Å². The third kappa shape index (κ3) is 6.35. The van der Waals surface area contributed by atoms with Gasteiger partial charge in [-0.3, -0.25) is 4.79 Å². The molecule has 1 amide bonds. The quantitative estimate of drug-likeness (QED) is 0.794. The molecule has 0 heterocycles. The summed E-state index contributed by atoms with van der Waals surface area (Å²) in [7, 11) is 4.12. The summed E-state index contributed by atoms with van der Waals surface area (Å²) in [5, 5.41) is 3.12. The van der Waals surface area contributed by atoms with E-state index in [1.807, 2.05) is 24.3 Å². The van der Waals surface area contributed by atoms with E-state index in [-0.39, 0.29) is 11.3 Å². The standard InChI is InChI=1S/C22H30N2O/c1-22(2,17-24(3)4)16-23-21(25)20-13-9-8-12-19(20)15-14-18-10-6-5-7-11-18/h5-13H,14-17H2,1-4H3,(H,23,25). The molecule has 0 atom stereocenters. The lowest BCUT2D eigenvalue weighted by molar-refractivity contribution is 0.0928. The monoisotopic (exact) mass is 338 g/mol. The van der Waals surface area contributed by atoms with Crippen molar-refractivity contribution in [3.8, 4) is 0 Å². The lowest BCUT2D eigenvalue weighted by atomic mass is 9.92. The van der Waals surface area contributed by atoms with Crippen LogP contribution in [0.4, 0.5) is 0 Å². The summed E-state index contributed by atoms with van der Waals surface area (Å²) >= 11 is 0. The zero-order chi connectivity index (χ0) is 18.3. The first kappa shape index (κ1) is 19.2. The minimum atomic E-state index is 0.0236. The number of amides is 1. The molecule has 0 spiro atoms. The zero-order valence-electron chi connectivity index (χ0n) is 15.9. The highest BCUT2D eigenvalue weighted by atomic mass is 16.1. The predicted molar refractivity (Wildman–Crippen MR) is 105 cm³/mol. The molecule has 1 N–H and O–H groups in total. The Labute approximate surface area is 152 Å². The molecular weight excluding hydrogens is 308 g/mol. The van der Waals surface area contributed by atoms with E-state index in [0.717, 1.165) is 30.5 Å². The first-order chi connectivity index (χ1) is 11.9. The van der Waals surface area contributed by atoms with Crippen molar-refractivity contribution in [3.63, 3.8) is 0 Å².